The Balaban J connectivity index is 1.19. The molecule has 3 amide bonds. The van der Waals surface area contributed by atoms with Gasteiger partial charge in [-0.3, -0.25) is 19.3 Å². The second kappa shape index (κ2) is 9.94. The van der Waals surface area contributed by atoms with Crippen molar-refractivity contribution in [3.05, 3.63) is 34.9 Å². The van der Waals surface area contributed by atoms with Gasteiger partial charge in [-0.2, -0.15) is 0 Å². The topological polar surface area (TPSA) is 70.2 Å². The second-order valence-corrected chi connectivity index (χ2v) is 10.1. The van der Waals surface area contributed by atoms with E-state index >= 15 is 0 Å². The maximum atomic E-state index is 13.2. The lowest BCUT2D eigenvalue weighted by Crippen LogP contribution is -2.41. The van der Waals surface area contributed by atoms with Crippen molar-refractivity contribution in [2.24, 2.45) is 5.92 Å². The van der Waals surface area contributed by atoms with Crippen LogP contribution in [0.15, 0.2) is 18.2 Å². The lowest BCUT2D eigenvalue weighted by molar-refractivity contribution is 0.0475. The van der Waals surface area contributed by atoms with E-state index in [0.29, 0.717) is 35.8 Å². The number of carbonyl (C=O) groups excluding carboxylic acids is 3. The zero-order valence-electron chi connectivity index (χ0n) is 19.5. The number of amides is 3. The fraction of sp³-hybridized carbons (Fsp3) is 0.654. The van der Waals surface area contributed by atoms with Crippen LogP contribution in [0.2, 0.25) is 0 Å². The molecule has 0 radical (unpaired) electrons. The summed E-state index contributed by atoms with van der Waals surface area (Å²) in [7, 11) is 0. The molecule has 4 heterocycles. The number of hydrogen-bond acceptors (Lipinski definition) is 5. The largest absolute Gasteiger partial charge is 0.376 e. The summed E-state index contributed by atoms with van der Waals surface area (Å²) in [5.74, 6) is 0.0247. The van der Waals surface area contributed by atoms with Crippen LogP contribution in [0, 0.1) is 5.92 Å². The van der Waals surface area contributed by atoms with Gasteiger partial charge in [0, 0.05) is 31.8 Å². The summed E-state index contributed by atoms with van der Waals surface area (Å²) >= 11 is 0. The SMILES string of the molecule is O=C(c1ccc2c(c1)C(=O)N(CC1CCCO1)C2=O)N1CCC(CN2CCCCCC2)CC1. The summed E-state index contributed by atoms with van der Waals surface area (Å²) in [6.45, 7) is 6.06. The molecule has 1 unspecified atom stereocenters. The first-order valence-corrected chi connectivity index (χ1v) is 12.7. The third kappa shape index (κ3) is 4.85. The summed E-state index contributed by atoms with van der Waals surface area (Å²) in [4.78, 5) is 44.6. The van der Waals surface area contributed by atoms with E-state index in [1.54, 1.807) is 18.2 Å². The minimum Gasteiger partial charge on any atom is -0.376 e. The van der Waals surface area contributed by atoms with E-state index in [9.17, 15) is 14.4 Å². The summed E-state index contributed by atoms with van der Waals surface area (Å²) in [5.41, 5.74) is 1.24. The fourth-order valence-electron chi connectivity index (χ4n) is 5.77. The molecule has 3 fully saturated rings. The number of likely N-dealkylation sites (tertiary alicyclic amines) is 2. The molecule has 1 aromatic carbocycles. The molecule has 0 aliphatic carbocycles. The Morgan fingerprint density at radius 3 is 2.27 bits per heavy atom. The molecule has 5 rings (SSSR count). The number of benzene rings is 1. The summed E-state index contributed by atoms with van der Waals surface area (Å²) < 4.78 is 5.60. The van der Waals surface area contributed by atoms with Gasteiger partial charge in [0.15, 0.2) is 0 Å². The molecule has 4 aliphatic rings. The van der Waals surface area contributed by atoms with Crippen LogP contribution >= 0.6 is 0 Å². The summed E-state index contributed by atoms with van der Waals surface area (Å²) in [5, 5.41) is 0. The molecule has 7 heteroatoms. The van der Waals surface area contributed by atoms with E-state index in [-0.39, 0.29) is 23.8 Å². The van der Waals surface area contributed by atoms with Crippen molar-refractivity contribution in [2.75, 3.05) is 45.9 Å². The smallest absolute Gasteiger partial charge is 0.261 e. The number of fused-ring (bicyclic) bond motifs is 1. The molecule has 33 heavy (non-hydrogen) atoms. The fourth-order valence-corrected chi connectivity index (χ4v) is 5.77. The zero-order chi connectivity index (χ0) is 22.8. The van der Waals surface area contributed by atoms with Gasteiger partial charge in [-0.25, -0.2) is 0 Å². The first-order chi connectivity index (χ1) is 16.1. The third-order valence-corrected chi connectivity index (χ3v) is 7.74. The highest BCUT2D eigenvalue weighted by Gasteiger charge is 2.38. The molecule has 0 aromatic heterocycles. The van der Waals surface area contributed by atoms with Gasteiger partial charge in [-0.15, -0.1) is 0 Å². The average Bonchev–Trinajstić information content (AvgIpc) is 3.33. The predicted octanol–water partition coefficient (Wildman–Crippen LogP) is 3.19. The second-order valence-electron chi connectivity index (χ2n) is 10.1. The molecule has 0 saturated carbocycles. The highest BCUT2D eigenvalue weighted by atomic mass is 16.5. The van der Waals surface area contributed by atoms with E-state index in [1.807, 2.05) is 4.90 Å². The standard InChI is InChI=1S/C26H35N3O4/c30-24(28-13-9-19(10-14-28)17-27-11-3-1-2-4-12-27)20-7-8-22-23(16-20)26(32)29(25(22)31)18-21-6-5-15-33-21/h7-8,16,19,21H,1-6,9-15,17-18H2. The zero-order valence-corrected chi connectivity index (χ0v) is 19.5. The van der Waals surface area contributed by atoms with Crippen molar-refractivity contribution < 1.29 is 19.1 Å². The van der Waals surface area contributed by atoms with E-state index in [0.717, 1.165) is 45.3 Å². The molecule has 3 saturated heterocycles. The Labute approximate surface area is 196 Å². The van der Waals surface area contributed by atoms with Crippen LogP contribution in [-0.4, -0.2) is 84.4 Å². The molecule has 7 nitrogen and oxygen atoms in total. The van der Waals surface area contributed by atoms with E-state index < -0.39 is 0 Å². The minimum atomic E-state index is -0.309. The van der Waals surface area contributed by atoms with E-state index in [4.69, 9.17) is 4.74 Å². The summed E-state index contributed by atoms with van der Waals surface area (Å²) in [6.07, 6.45) is 9.12. The van der Waals surface area contributed by atoms with Crippen LogP contribution in [0.5, 0.6) is 0 Å². The molecule has 1 atom stereocenters. The molecule has 0 spiro atoms. The Bertz CT molecular complexity index is 895. The van der Waals surface area contributed by atoms with Crippen LogP contribution in [0.25, 0.3) is 0 Å². The first-order valence-electron chi connectivity index (χ1n) is 12.7. The Morgan fingerprint density at radius 1 is 0.848 bits per heavy atom. The molecule has 4 aliphatic heterocycles. The van der Waals surface area contributed by atoms with Gasteiger partial charge in [0.1, 0.15) is 0 Å². The van der Waals surface area contributed by atoms with Crippen molar-refractivity contribution in [1.29, 1.82) is 0 Å². The number of ether oxygens (including phenoxy) is 1. The molecular formula is C26H35N3O4. The Hall–Kier alpha value is -2.25. The number of hydrogen-bond donors (Lipinski definition) is 0. The lowest BCUT2D eigenvalue weighted by atomic mass is 9.95. The lowest BCUT2D eigenvalue weighted by Gasteiger charge is -2.34. The third-order valence-electron chi connectivity index (χ3n) is 7.74. The average molecular weight is 454 g/mol. The summed E-state index contributed by atoms with van der Waals surface area (Å²) in [6, 6.07) is 4.96. The normalized spacial score (nSPS) is 24.9. The van der Waals surface area contributed by atoms with Crippen LogP contribution in [0.4, 0.5) is 0 Å². The van der Waals surface area contributed by atoms with Gasteiger partial charge < -0.3 is 14.5 Å². The molecule has 0 N–H and O–H groups in total. The monoisotopic (exact) mass is 453 g/mol. The van der Waals surface area contributed by atoms with Crippen LogP contribution in [0.3, 0.4) is 0 Å². The van der Waals surface area contributed by atoms with Gasteiger partial charge >= 0.3 is 0 Å². The number of nitrogens with zero attached hydrogens (tertiary/aromatic N) is 3. The number of piperidine rings is 1. The van der Waals surface area contributed by atoms with Gasteiger partial charge in [0.05, 0.1) is 23.8 Å². The van der Waals surface area contributed by atoms with Crippen molar-refractivity contribution in [2.45, 2.75) is 57.5 Å². The van der Waals surface area contributed by atoms with Gasteiger partial charge in [0.25, 0.3) is 17.7 Å². The van der Waals surface area contributed by atoms with E-state index in [1.165, 1.54) is 43.7 Å². The number of imide groups is 1. The predicted molar refractivity (Wildman–Crippen MR) is 124 cm³/mol. The molecular weight excluding hydrogens is 418 g/mol. The van der Waals surface area contributed by atoms with E-state index in [2.05, 4.69) is 4.90 Å². The Morgan fingerprint density at radius 2 is 1.58 bits per heavy atom. The van der Waals surface area contributed by atoms with Gasteiger partial charge in [-0.1, -0.05) is 12.8 Å². The van der Waals surface area contributed by atoms with Gasteiger partial charge in [-0.05, 0) is 75.7 Å². The molecule has 0 bridgehead atoms. The quantitative estimate of drug-likeness (QED) is 0.641. The van der Waals surface area contributed by atoms with Crippen molar-refractivity contribution in [3.8, 4) is 0 Å². The number of rotatable bonds is 5. The molecule has 178 valence electrons. The van der Waals surface area contributed by atoms with Crippen LogP contribution in [0.1, 0.15) is 82.4 Å². The van der Waals surface area contributed by atoms with Crippen molar-refractivity contribution in [3.63, 3.8) is 0 Å². The minimum absolute atomic E-state index is 0.0381. The highest BCUT2D eigenvalue weighted by Crippen LogP contribution is 2.27. The number of carbonyl (C=O) groups is 3. The molecule has 1 aromatic rings. The van der Waals surface area contributed by atoms with Crippen LogP contribution < -0.4 is 0 Å². The maximum Gasteiger partial charge on any atom is 0.261 e. The van der Waals surface area contributed by atoms with Gasteiger partial charge in [0.2, 0.25) is 0 Å². The Kier molecular flexibility index (Phi) is 6.79. The highest BCUT2D eigenvalue weighted by molar-refractivity contribution is 6.22. The van der Waals surface area contributed by atoms with Crippen molar-refractivity contribution in [1.82, 2.24) is 14.7 Å². The van der Waals surface area contributed by atoms with Crippen LogP contribution in [-0.2, 0) is 4.74 Å². The maximum absolute atomic E-state index is 13.2. The first kappa shape index (κ1) is 22.5. The van der Waals surface area contributed by atoms with Crippen molar-refractivity contribution >= 4 is 17.7 Å².